The molecule has 0 unspecified atom stereocenters. The minimum Gasteiger partial charge on any atom is -0.497 e. The third-order valence-corrected chi connectivity index (χ3v) is 3.19. The van der Waals surface area contributed by atoms with Crippen molar-refractivity contribution in [2.45, 2.75) is 0 Å². The van der Waals surface area contributed by atoms with Gasteiger partial charge in [0.15, 0.2) is 5.65 Å². The predicted octanol–water partition coefficient (Wildman–Crippen LogP) is 3.67. The Kier molecular flexibility index (Phi) is 5.46. The lowest BCUT2D eigenvalue weighted by Crippen LogP contribution is -2.00. The van der Waals surface area contributed by atoms with Crippen molar-refractivity contribution in [3.63, 3.8) is 0 Å². The van der Waals surface area contributed by atoms with Crippen molar-refractivity contribution in [2.75, 3.05) is 19.6 Å². The lowest BCUT2D eigenvalue weighted by molar-refractivity contribution is 0.340. The minimum absolute atomic E-state index is 0. The van der Waals surface area contributed by atoms with E-state index in [0.29, 0.717) is 29.7 Å². The highest BCUT2D eigenvalue weighted by Gasteiger charge is 2.12. The van der Waals surface area contributed by atoms with Crippen LogP contribution in [-0.4, -0.2) is 34.5 Å². The van der Waals surface area contributed by atoms with Crippen LogP contribution in [0.4, 0.5) is 0 Å². The number of hydrogen-bond acceptors (Lipinski definition) is 4. The lowest BCUT2D eigenvalue weighted by atomic mass is 10.2. The highest BCUT2D eigenvalue weighted by molar-refractivity contribution is 6.18. The SMILES string of the molecule is COc1ccc(-c2nc3ncccc3[nH]2)c(OCCCl)c1.Cl. The van der Waals surface area contributed by atoms with Crippen molar-refractivity contribution in [1.82, 2.24) is 15.0 Å². The molecule has 22 heavy (non-hydrogen) atoms. The number of rotatable bonds is 5. The Labute approximate surface area is 139 Å². The number of alkyl halides is 1. The van der Waals surface area contributed by atoms with Crippen molar-refractivity contribution in [3.8, 4) is 22.9 Å². The molecular formula is C15H15Cl2N3O2. The summed E-state index contributed by atoms with van der Waals surface area (Å²) in [6.07, 6.45) is 1.71. The van der Waals surface area contributed by atoms with Gasteiger partial charge >= 0.3 is 0 Å². The number of H-pyrrole nitrogens is 1. The molecule has 0 amide bonds. The first-order valence-electron chi connectivity index (χ1n) is 6.49. The number of benzene rings is 1. The summed E-state index contributed by atoms with van der Waals surface area (Å²) in [6.45, 7) is 0.417. The Hall–Kier alpha value is -1.98. The van der Waals surface area contributed by atoms with Gasteiger partial charge in [0.2, 0.25) is 0 Å². The smallest absolute Gasteiger partial charge is 0.178 e. The molecule has 1 N–H and O–H groups in total. The fourth-order valence-electron chi connectivity index (χ4n) is 2.07. The van der Waals surface area contributed by atoms with Gasteiger partial charge in [0.1, 0.15) is 23.9 Å². The monoisotopic (exact) mass is 339 g/mol. The molecule has 2 heterocycles. The van der Waals surface area contributed by atoms with Crippen LogP contribution >= 0.6 is 24.0 Å². The first kappa shape index (κ1) is 16.4. The average molecular weight is 340 g/mol. The molecule has 7 heteroatoms. The Balaban J connectivity index is 0.00000176. The normalized spacial score (nSPS) is 10.3. The van der Waals surface area contributed by atoms with Crippen LogP contribution in [0.3, 0.4) is 0 Å². The molecule has 0 aliphatic rings. The average Bonchev–Trinajstić information content (AvgIpc) is 2.96. The van der Waals surface area contributed by atoms with Crippen molar-refractivity contribution < 1.29 is 9.47 Å². The molecule has 3 aromatic rings. The molecular weight excluding hydrogens is 325 g/mol. The second kappa shape index (κ2) is 7.33. The molecule has 116 valence electrons. The van der Waals surface area contributed by atoms with Crippen molar-refractivity contribution in [1.29, 1.82) is 0 Å². The minimum atomic E-state index is 0. The molecule has 0 spiro atoms. The maximum Gasteiger partial charge on any atom is 0.178 e. The molecule has 0 radical (unpaired) electrons. The molecule has 0 atom stereocenters. The topological polar surface area (TPSA) is 60.0 Å². The number of aromatic amines is 1. The number of hydrogen-bond donors (Lipinski definition) is 1. The van der Waals surface area contributed by atoms with Gasteiger partial charge in [0, 0.05) is 12.3 Å². The van der Waals surface area contributed by atoms with E-state index in [9.17, 15) is 0 Å². The van der Waals surface area contributed by atoms with Crippen LogP contribution in [0.2, 0.25) is 0 Å². The number of halogens is 2. The summed E-state index contributed by atoms with van der Waals surface area (Å²) in [7, 11) is 1.62. The Bertz CT molecular complexity index is 728. The number of aromatic nitrogens is 3. The van der Waals surface area contributed by atoms with E-state index in [1.54, 1.807) is 13.3 Å². The maximum atomic E-state index is 5.70. The molecule has 2 aromatic heterocycles. The van der Waals surface area contributed by atoms with E-state index >= 15 is 0 Å². The van der Waals surface area contributed by atoms with Crippen molar-refractivity contribution in [3.05, 3.63) is 36.5 Å². The Morgan fingerprint density at radius 3 is 2.86 bits per heavy atom. The number of nitrogens with one attached hydrogen (secondary N) is 1. The first-order chi connectivity index (χ1) is 10.3. The number of nitrogens with zero attached hydrogens (tertiary/aromatic N) is 2. The zero-order chi connectivity index (χ0) is 14.7. The number of pyridine rings is 1. The van der Waals surface area contributed by atoms with Crippen LogP contribution in [0, 0.1) is 0 Å². The van der Waals surface area contributed by atoms with Gasteiger partial charge in [-0.15, -0.1) is 24.0 Å². The van der Waals surface area contributed by atoms with Gasteiger partial charge in [-0.3, -0.25) is 0 Å². The molecule has 0 fully saturated rings. The summed E-state index contributed by atoms with van der Waals surface area (Å²) in [5.41, 5.74) is 2.40. The number of imidazole rings is 1. The summed E-state index contributed by atoms with van der Waals surface area (Å²) in [5.74, 6) is 2.51. The molecule has 0 aliphatic heterocycles. The second-order valence-corrected chi connectivity index (χ2v) is 4.74. The van der Waals surface area contributed by atoms with Crippen LogP contribution in [-0.2, 0) is 0 Å². The molecule has 3 rings (SSSR count). The van der Waals surface area contributed by atoms with E-state index in [1.165, 1.54) is 0 Å². The van der Waals surface area contributed by atoms with E-state index in [4.69, 9.17) is 21.1 Å². The summed E-state index contributed by atoms with van der Waals surface area (Å²) in [4.78, 5) is 11.9. The fourth-order valence-corrected chi connectivity index (χ4v) is 2.14. The summed E-state index contributed by atoms with van der Waals surface area (Å²) in [5, 5.41) is 0. The highest BCUT2D eigenvalue weighted by Crippen LogP contribution is 2.32. The van der Waals surface area contributed by atoms with E-state index in [0.717, 1.165) is 16.8 Å². The molecule has 0 saturated heterocycles. The molecule has 5 nitrogen and oxygen atoms in total. The zero-order valence-electron chi connectivity index (χ0n) is 11.9. The standard InChI is InChI=1S/C15H14ClN3O2.ClH/c1-20-10-4-5-11(13(9-10)21-8-6-16)14-18-12-3-2-7-17-15(12)19-14;/h2-5,7,9H,6,8H2,1H3,(H,17,18,19);1H. The number of ether oxygens (including phenoxy) is 2. The van der Waals surface area contributed by atoms with Crippen LogP contribution in [0.15, 0.2) is 36.5 Å². The molecule has 0 saturated carbocycles. The summed E-state index contributed by atoms with van der Waals surface area (Å²) >= 11 is 5.70. The first-order valence-corrected chi connectivity index (χ1v) is 7.03. The van der Waals surface area contributed by atoms with Crippen LogP contribution in [0.25, 0.3) is 22.6 Å². The largest absolute Gasteiger partial charge is 0.497 e. The van der Waals surface area contributed by atoms with Gasteiger partial charge in [-0.05, 0) is 24.3 Å². The molecule has 0 aliphatic carbocycles. The molecule has 1 aromatic carbocycles. The zero-order valence-corrected chi connectivity index (χ0v) is 13.4. The van der Waals surface area contributed by atoms with Gasteiger partial charge in [0.05, 0.1) is 24.1 Å². The van der Waals surface area contributed by atoms with E-state index in [-0.39, 0.29) is 12.4 Å². The third-order valence-electron chi connectivity index (χ3n) is 3.04. The van der Waals surface area contributed by atoms with E-state index in [1.807, 2.05) is 30.3 Å². The van der Waals surface area contributed by atoms with Gasteiger partial charge in [-0.1, -0.05) is 0 Å². The van der Waals surface area contributed by atoms with Crippen LogP contribution in [0.5, 0.6) is 11.5 Å². The van der Waals surface area contributed by atoms with Crippen LogP contribution < -0.4 is 9.47 Å². The van der Waals surface area contributed by atoms with Crippen LogP contribution in [0.1, 0.15) is 0 Å². The maximum absolute atomic E-state index is 5.70. The van der Waals surface area contributed by atoms with Crippen molar-refractivity contribution in [2.24, 2.45) is 0 Å². The Morgan fingerprint density at radius 2 is 2.14 bits per heavy atom. The van der Waals surface area contributed by atoms with Gasteiger partial charge in [-0.2, -0.15) is 0 Å². The predicted molar refractivity (Wildman–Crippen MR) is 89.3 cm³/mol. The highest BCUT2D eigenvalue weighted by atomic mass is 35.5. The quantitative estimate of drug-likeness (QED) is 0.720. The van der Waals surface area contributed by atoms with Gasteiger partial charge in [-0.25, -0.2) is 9.97 Å². The van der Waals surface area contributed by atoms with E-state index in [2.05, 4.69) is 15.0 Å². The number of methoxy groups -OCH3 is 1. The summed E-state index contributed by atoms with van der Waals surface area (Å²) in [6, 6.07) is 9.39. The van der Waals surface area contributed by atoms with Crippen molar-refractivity contribution >= 4 is 35.2 Å². The fraction of sp³-hybridized carbons (Fsp3) is 0.200. The molecule has 0 bridgehead atoms. The Morgan fingerprint density at radius 1 is 1.27 bits per heavy atom. The summed E-state index contributed by atoms with van der Waals surface area (Å²) < 4.78 is 10.9. The lowest BCUT2D eigenvalue weighted by Gasteiger charge is -2.10. The third kappa shape index (κ3) is 3.26. The van der Waals surface area contributed by atoms with Gasteiger partial charge < -0.3 is 14.5 Å². The van der Waals surface area contributed by atoms with E-state index < -0.39 is 0 Å². The van der Waals surface area contributed by atoms with Gasteiger partial charge in [0.25, 0.3) is 0 Å². The number of fused-ring (bicyclic) bond motifs is 1. The second-order valence-electron chi connectivity index (χ2n) is 4.36.